The first-order valence-corrected chi connectivity index (χ1v) is 11.1. The normalized spacial score (nSPS) is 15.8. The number of methoxy groups -OCH3 is 1. The summed E-state index contributed by atoms with van der Waals surface area (Å²) >= 11 is 6.15. The van der Waals surface area contributed by atoms with Crippen LogP contribution in [0.4, 0.5) is 5.69 Å². The molecule has 0 saturated carbocycles. The zero-order valence-electron chi connectivity index (χ0n) is 18.8. The number of ether oxygens (including phenoxy) is 1. The van der Waals surface area contributed by atoms with Gasteiger partial charge in [-0.2, -0.15) is 0 Å². The number of fused-ring (bicyclic) bond motifs is 1. The molecule has 4 aromatic rings. The largest absolute Gasteiger partial charge is 0.508 e. The molecule has 2 heterocycles. The van der Waals surface area contributed by atoms with Gasteiger partial charge in [0, 0.05) is 22.2 Å². The number of rotatable bonds is 5. The number of hydrogen-bond donors (Lipinski definition) is 2. The van der Waals surface area contributed by atoms with Crippen molar-refractivity contribution in [1.29, 1.82) is 0 Å². The van der Waals surface area contributed by atoms with Gasteiger partial charge in [-0.25, -0.2) is 0 Å². The second kappa shape index (κ2) is 8.52. The Morgan fingerprint density at radius 1 is 1.06 bits per heavy atom. The summed E-state index contributed by atoms with van der Waals surface area (Å²) in [6.07, 6.45) is 0. The lowest BCUT2D eigenvalue weighted by atomic mass is 9.94. The van der Waals surface area contributed by atoms with E-state index in [0.717, 1.165) is 5.56 Å². The predicted octanol–water partition coefficient (Wildman–Crippen LogP) is 5.89. The summed E-state index contributed by atoms with van der Waals surface area (Å²) in [5, 5.41) is 21.7. The van der Waals surface area contributed by atoms with Gasteiger partial charge in [0.05, 0.1) is 18.7 Å². The van der Waals surface area contributed by atoms with Crippen molar-refractivity contribution in [2.24, 2.45) is 0 Å². The van der Waals surface area contributed by atoms with Crippen molar-refractivity contribution in [3.8, 4) is 11.5 Å². The molecule has 1 unspecified atom stereocenters. The number of aliphatic hydroxyl groups excluding tert-OH is 1. The molecule has 2 N–H and O–H groups in total. The fraction of sp³-hybridized carbons (Fsp3) is 0.111. The Morgan fingerprint density at radius 2 is 1.80 bits per heavy atom. The maximum Gasteiger partial charge on any atom is 0.294 e. The van der Waals surface area contributed by atoms with Crippen molar-refractivity contribution < 1.29 is 29.0 Å². The molecule has 1 aromatic heterocycles. The molecule has 0 saturated heterocycles. The van der Waals surface area contributed by atoms with Crippen molar-refractivity contribution in [2.75, 3.05) is 12.0 Å². The molecule has 1 aliphatic heterocycles. The Balaban J connectivity index is 1.67. The maximum atomic E-state index is 13.7. The molecule has 1 aliphatic rings. The summed E-state index contributed by atoms with van der Waals surface area (Å²) in [5.74, 6) is -1.73. The summed E-state index contributed by atoms with van der Waals surface area (Å²) in [5.41, 5.74) is 2.13. The number of anilines is 1. The minimum absolute atomic E-state index is 0.0301. The number of aromatic hydroxyl groups is 1. The van der Waals surface area contributed by atoms with Crippen LogP contribution in [0.25, 0.3) is 11.0 Å². The summed E-state index contributed by atoms with van der Waals surface area (Å²) < 4.78 is 11.1. The second-order valence-corrected chi connectivity index (χ2v) is 8.67. The molecule has 35 heavy (non-hydrogen) atoms. The Labute approximate surface area is 205 Å². The standard InChI is InChI=1S/C27H20ClNO6/c1-14-4-3-5-18(10-14)29-23(15-6-8-19(30)9-7-15)22(25(32)27(29)33)24(31)20-12-16-11-17(28)13-21(34-2)26(16)35-20/h3-13,23,30,32H,1-2H3. The van der Waals surface area contributed by atoms with Crippen molar-refractivity contribution in [3.63, 3.8) is 0 Å². The number of ketones is 1. The summed E-state index contributed by atoms with van der Waals surface area (Å²) in [7, 11) is 1.46. The van der Waals surface area contributed by atoms with E-state index in [4.69, 9.17) is 20.8 Å². The van der Waals surface area contributed by atoms with Gasteiger partial charge in [0.1, 0.15) is 5.75 Å². The number of amides is 1. The molecular weight excluding hydrogens is 470 g/mol. The highest BCUT2D eigenvalue weighted by atomic mass is 35.5. The lowest BCUT2D eigenvalue weighted by molar-refractivity contribution is -0.117. The summed E-state index contributed by atoms with van der Waals surface area (Å²) in [6.45, 7) is 1.88. The quantitative estimate of drug-likeness (QED) is 0.339. The van der Waals surface area contributed by atoms with Crippen LogP contribution >= 0.6 is 11.6 Å². The van der Waals surface area contributed by atoms with Crippen molar-refractivity contribution in [1.82, 2.24) is 0 Å². The number of carbonyl (C=O) groups excluding carboxylic acids is 2. The van der Waals surface area contributed by atoms with Crippen LogP contribution in [0.1, 0.15) is 27.7 Å². The third kappa shape index (κ3) is 3.80. The van der Waals surface area contributed by atoms with Gasteiger partial charge in [0.25, 0.3) is 5.91 Å². The van der Waals surface area contributed by atoms with Gasteiger partial charge >= 0.3 is 0 Å². The van der Waals surface area contributed by atoms with Crippen LogP contribution < -0.4 is 9.64 Å². The fourth-order valence-corrected chi connectivity index (χ4v) is 4.55. The number of nitrogens with zero attached hydrogens (tertiary/aromatic N) is 1. The lowest BCUT2D eigenvalue weighted by Gasteiger charge is -2.27. The van der Waals surface area contributed by atoms with Crippen LogP contribution in [0.3, 0.4) is 0 Å². The van der Waals surface area contributed by atoms with E-state index in [1.165, 1.54) is 30.2 Å². The number of halogens is 1. The monoisotopic (exact) mass is 489 g/mol. The first-order valence-electron chi connectivity index (χ1n) is 10.7. The first kappa shape index (κ1) is 22.6. The topological polar surface area (TPSA) is 100 Å². The molecule has 176 valence electrons. The van der Waals surface area contributed by atoms with Gasteiger partial charge in [-0.15, -0.1) is 0 Å². The molecule has 3 aromatic carbocycles. The number of furan rings is 1. The molecule has 0 aliphatic carbocycles. The SMILES string of the molecule is COc1cc(Cl)cc2cc(C(=O)C3=C(O)C(=O)N(c4cccc(C)c4)C3c3ccc(O)cc3)oc12. The van der Waals surface area contributed by atoms with Gasteiger partial charge in [-0.1, -0.05) is 35.9 Å². The molecule has 1 amide bonds. The predicted molar refractivity (Wildman–Crippen MR) is 131 cm³/mol. The molecule has 0 spiro atoms. The highest BCUT2D eigenvalue weighted by Gasteiger charge is 2.45. The zero-order valence-corrected chi connectivity index (χ0v) is 19.5. The first-order chi connectivity index (χ1) is 16.8. The summed E-state index contributed by atoms with van der Waals surface area (Å²) in [4.78, 5) is 28.4. The number of phenolic OH excluding ortho intramolecular Hbond substituents is 1. The van der Waals surface area contributed by atoms with E-state index in [2.05, 4.69) is 0 Å². The van der Waals surface area contributed by atoms with Crippen LogP contribution in [0.2, 0.25) is 5.02 Å². The number of hydrogen-bond acceptors (Lipinski definition) is 6. The minimum atomic E-state index is -0.948. The van der Waals surface area contributed by atoms with E-state index in [9.17, 15) is 19.8 Å². The van der Waals surface area contributed by atoms with Crippen LogP contribution in [0.5, 0.6) is 11.5 Å². The Kier molecular flexibility index (Phi) is 5.49. The molecule has 8 heteroatoms. The number of carbonyl (C=O) groups is 2. The van der Waals surface area contributed by atoms with E-state index in [0.29, 0.717) is 33.0 Å². The number of benzene rings is 3. The Bertz CT molecular complexity index is 1520. The number of aryl methyl sites for hydroxylation is 1. The molecule has 0 bridgehead atoms. The van der Waals surface area contributed by atoms with Crippen LogP contribution in [-0.2, 0) is 4.79 Å². The summed E-state index contributed by atoms with van der Waals surface area (Å²) in [6, 6.07) is 17.1. The third-order valence-corrected chi connectivity index (χ3v) is 6.15. The average molecular weight is 490 g/mol. The van der Waals surface area contributed by atoms with Crippen LogP contribution in [0, 0.1) is 6.92 Å². The van der Waals surface area contributed by atoms with Gasteiger partial charge in [0.2, 0.25) is 5.78 Å². The van der Waals surface area contributed by atoms with Gasteiger partial charge in [0.15, 0.2) is 22.9 Å². The maximum absolute atomic E-state index is 13.7. The highest BCUT2D eigenvalue weighted by Crippen LogP contribution is 2.43. The van der Waals surface area contributed by atoms with E-state index in [1.54, 1.807) is 42.5 Å². The number of aliphatic hydroxyl groups is 1. The smallest absolute Gasteiger partial charge is 0.294 e. The number of phenols is 1. The minimum Gasteiger partial charge on any atom is -0.508 e. The van der Waals surface area contributed by atoms with Crippen molar-refractivity contribution >= 4 is 39.9 Å². The average Bonchev–Trinajstić information content (AvgIpc) is 3.37. The lowest BCUT2D eigenvalue weighted by Crippen LogP contribution is -2.31. The van der Waals surface area contributed by atoms with Gasteiger partial charge < -0.3 is 19.4 Å². The fourth-order valence-electron chi connectivity index (χ4n) is 4.34. The van der Waals surface area contributed by atoms with E-state index in [-0.39, 0.29) is 17.1 Å². The molecule has 0 radical (unpaired) electrons. The van der Waals surface area contributed by atoms with Crippen molar-refractivity contribution in [2.45, 2.75) is 13.0 Å². The molecule has 0 fully saturated rings. The molecule has 1 atom stereocenters. The zero-order chi connectivity index (χ0) is 24.9. The van der Waals surface area contributed by atoms with Crippen molar-refractivity contribution in [3.05, 3.63) is 100.0 Å². The Morgan fingerprint density at radius 3 is 2.49 bits per heavy atom. The molecular formula is C27H20ClNO6. The third-order valence-electron chi connectivity index (χ3n) is 5.93. The molecule has 5 rings (SSSR count). The van der Waals surface area contributed by atoms with E-state index >= 15 is 0 Å². The molecule has 7 nitrogen and oxygen atoms in total. The van der Waals surface area contributed by atoms with Crippen LogP contribution in [0.15, 0.2) is 82.5 Å². The van der Waals surface area contributed by atoms with E-state index in [1.807, 2.05) is 13.0 Å². The van der Waals surface area contributed by atoms with Gasteiger partial charge in [-0.05, 0) is 54.4 Å². The van der Waals surface area contributed by atoms with Crippen LogP contribution in [-0.4, -0.2) is 29.0 Å². The Hall–Kier alpha value is -4.23. The highest BCUT2D eigenvalue weighted by molar-refractivity contribution is 6.31. The van der Waals surface area contributed by atoms with E-state index < -0.39 is 23.5 Å². The second-order valence-electron chi connectivity index (χ2n) is 8.24. The van der Waals surface area contributed by atoms with Gasteiger partial charge in [-0.3, -0.25) is 14.5 Å². The number of Topliss-reactive ketones (excluding diaryl/α,β-unsaturated/α-hetero) is 1.